The number of hydrogen-bond donors (Lipinski definition) is 1. The molecule has 0 unspecified atom stereocenters. The lowest BCUT2D eigenvalue weighted by molar-refractivity contribution is -0.112. The van der Waals surface area contributed by atoms with Gasteiger partial charge in [0.15, 0.2) is 0 Å². The van der Waals surface area contributed by atoms with E-state index in [0.29, 0.717) is 42.5 Å². The molecule has 1 heterocycles. The van der Waals surface area contributed by atoms with Gasteiger partial charge in [0.2, 0.25) is 15.0 Å². The highest BCUT2D eigenvalue weighted by molar-refractivity contribution is 7.90. The van der Waals surface area contributed by atoms with Crippen LogP contribution in [0.25, 0.3) is 6.08 Å². The summed E-state index contributed by atoms with van der Waals surface area (Å²) in [4.78, 5) is 16.1. The smallest absolute Gasteiger partial charge is 0.268 e. The van der Waals surface area contributed by atoms with Crippen LogP contribution in [0.4, 0.5) is 5.13 Å². The molecule has 0 aliphatic heterocycles. The highest BCUT2D eigenvalue weighted by atomic mass is 32.2. The Morgan fingerprint density at radius 3 is 2.47 bits per heavy atom. The van der Waals surface area contributed by atoms with Crippen LogP contribution in [0.2, 0.25) is 0 Å². The molecule has 0 aliphatic carbocycles. The molecule has 176 valence electrons. The number of aromatic nitrogens is 2. The molecule has 0 saturated carbocycles. The zero-order valence-corrected chi connectivity index (χ0v) is 20.1. The number of carbonyl (C=O) groups excluding carboxylic acids is 1. The predicted octanol–water partition coefficient (Wildman–Crippen LogP) is 3.64. The molecule has 0 spiro atoms. The van der Waals surface area contributed by atoms with Gasteiger partial charge in [-0.3, -0.25) is 10.1 Å². The van der Waals surface area contributed by atoms with Crippen LogP contribution in [-0.4, -0.2) is 43.2 Å². The molecule has 0 atom stereocenters. The number of benzene rings is 2. The van der Waals surface area contributed by atoms with Gasteiger partial charge in [-0.15, -0.1) is 0 Å². The van der Waals surface area contributed by atoms with E-state index in [2.05, 4.69) is 14.7 Å². The van der Waals surface area contributed by atoms with Crippen molar-refractivity contribution in [2.75, 3.05) is 24.8 Å². The molecule has 9 nitrogen and oxygen atoms in total. The molecule has 0 saturated heterocycles. The first-order valence-corrected chi connectivity index (χ1v) is 12.8. The quantitative estimate of drug-likeness (QED) is 0.255. The molecule has 3 rings (SSSR count). The molecular formula is C23H22N4O5S2. The normalized spacial score (nSPS) is 11.5. The van der Waals surface area contributed by atoms with E-state index in [9.17, 15) is 18.5 Å². The number of carbonyl (C=O) groups is 1. The summed E-state index contributed by atoms with van der Waals surface area (Å²) in [5.74, 6) is 0.765. The Hall–Kier alpha value is -3.75. The summed E-state index contributed by atoms with van der Waals surface area (Å²) >= 11 is 0.717. The molecule has 1 N–H and O–H groups in total. The van der Waals surface area contributed by atoms with E-state index in [4.69, 9.17) is 9.47 Å². The van der Waals surface area contributed by atoms with Crippen LogP contribution in [0.1, 0.15) is 17.5 Å². The van der Waals surface area contributed by atoms with Gasteiger partial charge >= 0.3 is 0 Å². The first-order chi connectivity index (χ1) is 16.2. The average Bonchev–Trinajstić information content (AvgIpc) is 3.27. The van der Waals surface area contributed by atoms with Crippen LogP contribution >= 0.6 is 11.5 Å². The number of amides is 1. The second kappa shape index (κ2) is 11.4. The maximum absolute atomic E-state index is 12.3. The maximum Gasteiger partial charge on any atom is 0.268 e. The van der Waals surface area contributed by atoms with Crippen molar-refractivity contribution in [3.05, 3.63) is 65.2 Å². The Balaban J connectivity index is 1.50. The number of rotatable bonds is 10. The van der Waals surface area contributed by atoms with E-state index in [1.54, 1.807) is 24.3 Å². The summed E-state index contributed by atoms with van der Waals surface area (Å²) in [6.07, 6.45) is 3.09. The number of ether oxygens (including phenoxy) is 2. The van der Waals surface area contributed by atoms with Crippen molar-refractivity contribution in [1.82, 2.24) is 9.36 Å². The van der Waals surface area contributed by atoms with Gasteiger partial charge in [-0.05, 0) is 48.4 Å². The number of nitrogens with zero attached hydrogens (tertiary/aromatic N) is 3. The van der Waals surface area contributed by atoms with Crippen LogP contribution in [-0.2, 0) is 14.6 Å². The van der Waals surface area contributed by atoms with Gasteiger partial charge in [0.1, 0.15) is 23.1 Å². The zero-order chi connectivity index (χ0) is 24.6. The molecule has 3 aromatic rings. The third-order valence-corrected chi connectivity index (χ3v) is 5.92. The van der Waals surface area contributed by atoms with Crippen molar-refractivity contribution < 1.29 is 22.7 Å². The molecule has 1 amide bonds. The van der Waals surface area contributed by atoms with E-state index in [1.807, 2.05) is 37.3 Å². The monoisotopic (exact) mass is 498 g/mol. The van der Waals surface area contributed by atoms with Crippen LogP contribution in [0, 0.1) is 18.3 Å². The third kappa shape index (κ3) is 7.40. The van der Waals surface area contributed by atoms with Crippen LogP contribution in [0.15, 0.2) is 59.3 Å². The fraction of sp³-hybridized carbons (Fsp3) is 0.217. The molecule has 0 fully saturated rings. The van der Waals surface area contributed by atoms with Gasteiger partial charge in [0, 0.05) is 24.2 Å². The van der Waals surface area contributed by atoms with Crippen molar-refractivity contribution in [2.45, 2.75) is 18.5 Å². The third-order valence-electron chi connectivity index (χ3n) is 4.33. The minimum atomic E-state index is -3.58. The van der Waals surface area contributed by atoms with E-state index >= 15 is 0 Å². The number of aryl methyl sites for hydroxylation is 1. The number of anilines is 1. The van der Waals surface area contributed by atoms with Gasteiger partial charge < -0.3 is 9.47 Å². The van der Waals surface area contributed by atoms with Crippen molar-refractivity contribution in [3.8, 4) is 17.6 Å². The minimum absolute atomic E-state index is 0.0123. The van der Waals surface area contributed by atoms with E-state index in [1.165, 1.54) is 6.08 Å². The standard InChI is InChI=1S/C23H22N4O5S2/c1-16-5-3-6-20(13-16)32-12-4-11-31-19-9-7-17(8-10-19)14-18(15-24)21(28)25-22-26-23(27-33-22)34(2,29)30/h3,5-10,13-14H,4,11-12H2,1-2H3,(H,25,26,27,28)/b18-14-. The van der Waals surface area contributed by atoms with Crippen molar-refractivity contribution in [2.24, 2.45) is 0 Å². The molecule has 0 aliphatic rings. The number of sulfone groups is 1. The molecule has 0 bridgehead atoms. The van der Waals surface area contributed by atoms with Gasteiger partial charge in [-0.25, -0.2) is 8.42 Å². The summed E-state index contributed by atoms with van der Waals surface area (Å²) in [5.41, 5.74) is 1.59. The largest absolute Gasteiger partial charge is 0.493 e. The predicted molar refractivity (Wildman–Crippen MR) is 128 cm³/mol. The van der Waals surface area contributed by atoms with Gasteiger partial charge in [0.25, 0.3) is 11.1 Å². The highest BCUT2D eigenvalue weighted by Crippen LogP contribution is 2.18. The number of hydrogen-bond acceptors (Lipinski definition) is 9. The van der Waals surface area contributed by atoms with E-state index in [-0.39, 0.29) is 15.9 Å². The van der Waals surface area contributed by atoms with Crippen LogP contribution < -0.4 is 14.8 Å². The fourth-order valence-electron chi connectivity index (χ4n) is 2.70. The lowest BCUT2D eigenvalue weighted by Crippen LogP contribution is -2.13. The molecule has 2 aromatic carbocycles. The molecule has 1 aromatic heterocycles. The second-order valence-corrected chi connectivity index (χ2v) is 9.88. The van der Waals surface area contributed by atoms with Gasteiger partial charge in [-0.2, -0.15) is 14.6 Å². The van der Waals surface area contributed by atoms with Gasteiger partial charge in [0.05, 0.1) is 13.2 Å². The van der Waals surface area contributed by atoms with E-state index < -0.39 is 15.7 Å². The minimum Gasteiger partial charge on any atom is -0.493 e. The number of nitriles is 1. The zero-order valence-electron chi connectivity index (χ0n) is 18.5. The summed E-state index contributed by atoms with van der Waals surface area (Å²) in [6.45, 7) is 3.02. The van der Waals surface area contributed by atoms with Crippen LogP contribution in [0.3, 0.4) is 0 Å². The molecular weight excluding hydrogens is 476 g/mol. The highest BCUT2D eigenvalue weighted by Gasteiger charge is 2.17. The Bertz CT molecular complexity index is 1330. The molecule has 34 heavy (non-hydrogen) atoms. The molecule has 11 heteroatoms. The SMILES string of the molecule is Cc1cccc(OCCCOc2ccc(/C=C(/C#N)C(=O)Nc3nc(S(C)(=O)=O)ns3)cc2)c1. The Kier molecular flexibility index (Phi) is 8.34. The lowest BCUT2D eigenvalue weighted by Gasteiger charge is -2.09. The summed E-state index contributed by atoms with van der Waals surface area (Å²) in [7, 11) is -3.58. The topological polar surface area (TPSA) is 131 Å². The van der Waals surface area contributed by atoms with Gasteiger partial charge in [-0.1, -0.05) is 24.3 Å². The Morgan fingerprint density at radius 1 is 1.15 bits per heavy atom. The average molecular weight is 499 g/mol. The fourth-order valence-corrected chi connectivity index (χ4v) is 4.13. The second-order valence-electron chi connectivity index (χ2n) is 7.21. The first-order valence-electron chi connectivity index (χ1n) is 10.1. The summed E-state index contributed by atoms with van der Waals surface area (Å²) in [5, 5.41) is 11.3. The summed E-state index contributed by atoms with van der Waals surface area (Å²) in [6, 6.07) is 16.6. The van der Waals surface area contributed by atoms with Crippen molar-refractivity contribution in [3.63, 3.8) is 0 Å². The Labute approximate surface area is 201 Å². The lowest BCUT2D eigenvalue weighted by atomic mass is 10.1. The summed E-state index contributed by atoms with van der Waals surface area (Å²) < 4.78 is 38.0. The molecule has 0 radical (unpaired) electrons. The van der Waals surface area contributed by atoms with Crippen molar-refractivity contribution >= 4 is 38.5 Å². The van der Waals surface area contributed by atoms with E-state index in [0.717, 1.165) is 17.6 Å². The Morgan fingerprint density at radius 2 is 1.85 bits per heavy atom. The van der Waals surface area contributed by atoms with Crippen molar-refractivity contribution in [1.29, 1.82) is 5.26 Å². The first kappa shape index (κ1) is 24.9. The maximum atomic E-state index is 12.3. The number of nitrogens with one attached hydrogen (secondary N) is 1. The van der Waals surface area contributed by atoms with Crippen LogP contribution in [0.5, 0.6) is 11.5 Å².